The summed E-state index contributed by atoms with van der Waals surface area (Å²) >= 11 is 0. The van der Waals surface area contributed by atoms with E-state index in [0.717, 1.165) is 89.9 Å². The molecule has 380 valence electrons. The van der Waals surface area contributed by atoms with Crippen molar-refractivity contribution >= 4 is 81.9 Å². The van der Waals surface area contributed by atoms with Crippen LogP contribution in [-0.4, -0.2) is 124 Å². The fraction of sp³-hybridized carbons (Fsp3) is 0.917. The van der Waals surface area contributed by atoms with E-state index < -0.39 is 67.5 Å². The van der Waals surface area contributed by atoms with E-state index in [1.165, 1.54) is 38.5 Å². The minimum atomic E-state index is -5.00. The first-order valence-electron chi connectivity index (χ1n) is 24.6. The third-order valence-corrected chi connectivity index (χ3v) is 12.8. The second-order valence-electron chi connectivity index (χ2n) is 18.9. The van der Waals surface area contributed by atoms with Crippen molar-refractivity contribution in [1.29, 1.82) is 0 Å². The van der Waals surface area contributed by atoms with Gasteiger partial charge in [0.2, 0.25) is 0 Å². The van der Waals surface area contributed by atoms with Crippen molar-refractivity contribution in [3.63, 3.8) is 0 Å². The fourth-order valence-electron chi connectivity index (χ4n) is 6.67. The molecule has 65 heavy (non-hydrogen) atoms. The number of esters is 4. The van der Waals surface area contributed by atoms with Crippen LogP contribution in [0, 0.1) is 23.7 Å². The number of carbonyl (C=O) groups excluding carboxylic acids is 4. The van der Waals surface area contributed by atoms with Gasteiger partial charge >= 0.3 is 61.6 Å². The summed E-state index contributed by atoms with van der Waals surface area (Å²) in [7, 11) is -10.0. The molecule has 0 spiro atoms. The van der Waals surface area contributed by atoms with Crippen molar-refractivity contribution in [3.8, 4) is 0 Å². The van der Waals surface area contributed by atoms with Gasteiger partial charge in [-0.1, -0.05) is 184 Å². The van der Waals surface area contributed by atoms with E-state index >= 15 is 0 Å². The van der Waals surface area contributed by atoms with Gasteiger partial charge in [0.15, 0.2) is 10.5 Å². The number of carbonyl (C=O) groups is 4. The van der Waals surface area contributed by atoms with Crippen LogP contribution in [0.2, 0.25) is 0 Å². The van der Waals surface area contributed by atoms with Gasteiger partial charge in [-0.05, 0) is 49.4 Å². The third kappa shape index (κ3) is 46.5. The molecule has 2 atom stereocenters. The summed E-state index contributed by atoms with van der Waals surface area (Å²) < 4.78 is 88.5. The summed E-state index contributed by atoms with van der Waals surface area (Å²) in [5.74, 6) is -1.28. The maximum absolute atomic E-state index is 12.1. The number of hydrogen-bond acceptors (Lipinski definition) is 14. The normalized spacial score (nSPS) is 12.6. The molecule has 0 N–H and O–H groups in total. The molecule has 17 heteroatoms. The summed E-state index contributed by atoms with van der Waals surface area (Å²) in [5, 5.41) is -4.09. The molecule has 0 aromatic heterocycles. The van der Waals surface area contributed by atoms with Crippen LogP contribution >= 0.6 is 0 Å². The Morgan fingerprint density at radius 2 is 0.554 bits per heavy atom. The number of unbranched alkanes of at least 4 members (excludes halogenated alkanes) is 16. The van der Waals surface area contributed by atoms with Crippen LogP contribution < -0.4 is 0 Å². The van der Waals surface area contributed by atoms with Crippen LogP contribution in [0.3, 0.4) is 0 Å². The molecule has 0 aromatic rings. The van der Waals surface area contributed by atoms with Crippen LogP contribution in [-0.2, 0) is 58.4 Å². The molecule has 0 saturated heterocycles. The SMILES string of the molecule is CC(C)CCCCCCCOC(=O)CC(C(=O)OCCCCCCCC(C)C)S(=O)(=O)[O-].CC(C)CCCCCCCOC(=O)CC(C(=O)OCCCCCCCC(C)C)S(=O)(=O)[O-].[Ca+2]. The number of ether oxygens (including phenoxy) is 4. The molecule has 0 rings (SSSR count). The zero-order chi connectivity index (χ0) is 48.8. The first-order valence-corrected chi connectivity index (χ1v) is 27.6. The van der Waals surface area contributed by atoms with Crippen molar-refractivity contribution in [1.82, 2.24) is 0 Å². The molecule has 0 saturated carbocycles. The van der Waals surface area contributed by atoms with E-state index in [4.69, 9.17) is 18.9 Å². The predicted octanol–water partition coefficient (Wildman–Crippen LogP) is 10.4. The van der Waals surface area contributed by atoms with Crippen molar-refractivity contribution in [3.05, 3.63) is 0 Å². The Balaban J connectivity index is -0.00000116. The minimum absolute atomic E-state index is 0. The molecule has 0 amide bonds. The molecule has 0 aromatic carbocycles. The molecule has 14 nitrogen and oxygen atoms in total. The van der Waals surface area contributed by atoms with Crippen LogP contribution in [0.15, 0.2) is 0 Å². The molecule has 2 unspecified atom stereocenters. The zero-order valence-corrected chi connectivity index (χ0v) is 45.8. The molecule has 0 fully saturated rings. The Kier molecular flexibility index (Phi) is 45.2. The second kappa shape index (κ2) is 43.0. The average Bonchev–Trinajstić information content (AvgIpc) is 3.18. The van der Waals surface area contributed by atoms with E-state index in [0.29, 0.717) is 49.4 Å². The van der Waals surface area contributed by atoms with E-state index in [-0.39, 0.29) is 64.2 Å². The van der Waals surface area contributed by atoms with Gasteiger partial charge in [0, 0.05) is 0 Å². The first-order chi connectivity index (χ1) is 30.1. The van der Waals surface area contributed by atoms with Crippen LogP contribution in [0.5, 0.6) is 0 Å². The molecule has 0 radical (unpaired) electrons. The van der Waals surface area contributed by atoms with E-state index in [1.807, 2.05) is 0 Å². The predicted molar refractivity (Wildman–Crippen MR) is 256 cm³/mol. The third-order valence-electron chi connectivity index (χ3n) is 10.6. The Labute approximate surface area is 425 Å². The van der Waals surface area contributed by atoms with Crippen molar-refractivity contribution in [2.75, 3.05) is 26.4 Å². The quantitative estimate of drug-likeness (QED) is 0.0183. The summed E-state index contributed by atoms with van der Waals surface area (Å²) in [5.41, 5.74) is 0. The largest absolute Gasteiger partial charge is 2.00 e. The van der Waals surface area contributed by atoms with Crippen molar-refractivity contribution in [2.45, 2.75) is 233 Å². The molecule has 0 bridgehead atoms. The Morgan fingerprint density at radius 1 is 0.354 bits per heavy atom. The topological polar surface area (TPSA) is 220 Å². The fourth-order valence-corrected chi connectivity index (χ4v) is 7.96. The van der Waals surface area contributed by atoms with Gasteiger partial charge in [0.1, 0.15) is 20.2 Å². The molecule has 0 heterocycles. The maximum atomic E-state index is 12.1. The molecular formula is C48H90CaO14S2. The number of hydrogen-bond donors (Lipinski definition) is 0. The maximum Gasteiger partial charge on any atom is 2.00 e. The van der Waals surface area contributed by atoms with E-state index in [9.17, 15) is 45.1 Å². The van der Waals surface area contributed by atoms with Crippen LogP contribution in [0.25, 0.3) is 0 Å². The summed E-state index contributed by atoms with van der Waals surface area (Å²) in [4.78, 5) is 47.9. The Hall–Kier alpha value is -1.04. The van der Waals surface area contributed by atoms with Crippen molar-refractivity contribution in [2.24, 2.45) is 23.7 Å². The van der Waals surface area contributed by atoms with Crippen LogP contribution in [0.4, 0.5) is 0 Å². The first kappa shape index (κ1) is 68.2. The standard InChI is InChI=1S/2C24H46O7S.Ca/c2*1-20(2)15-11-7-5-9-13-17-30-23(25)19-22(32(27,28)29)24(26)31-18-14-10-6-8-12-16-21(3)4;/h2*20-22H,5-19H2,1-4H3,(H,27,28,29);/q;;+2/p-2. The van der Waals surface area contributed by atoms with Gasteiger partial charge in [-0.3, -0.25) is 19.2 Å². The summed E-state index contributed by atoms with van der Waals surface area (Å²) in [6.07, 6.45) is 22.5. The molecular weight excluding hydrogens is 905 g/mol. The monoisotopic (exact) mass is 995 g/mol. The van der Waals surface area contributed by atoms with Gasteiger partial charge in [0.25, 0.3) is 0 Å². The van der Waals surface area contributed by atoms with Crippen LogP contribution in [0.1, 0.15) is 222 Å². The minimum Gasteiger partial charge on any atom is -0.747 e. The smallest absolute Gasteiger partial charge is 0.747 e. The second-order valence-corrected chi connectivity index (χ2v) is 22.1. The molecule has 0 aliphatic rings. The van der Waals surface area contributed by atoms with E-state index in [2.05, 4.69) is 55.4 Å². The van der Waals surface area contributed by atoms with Gasteiger partial charge in [-0.25, -0.2) is 16.8 Å². The van der Waals surface area contributed by atoms with E-state index in [1.54, 1.807) is 0 Å². The summed E-state index contributed by atoms with van der Waals surface area (Å²) in [6.45, 7) is 17.9. The summed E-state index contributed by atoms with van der Waals surface area (Å²) in [6, 6.07) is 0. The Morgan fingerprint density at radius 3 is 0.769 bits per heavy atom. The average molecular weight is 995 g/mol. The van der Waals surface area contributed by atoms with Gasteiger partial charge in [-0.2, -0.15) is 0 Å². The number of rotatable bonds is 40. The van der Waals surface area contributed by atoms with Gasteiger partial charge in [-0.15, -0.1) is 0 Å². The Bertz CT molecular complexity index is 1310. The molecule has 0 aliphatic heterocycles. The van der Waals surface area contributed by atoms with Gasteiger partial charge in [0.05, 0.1) is 39.3 Å². The molecule has 0 aliphatic carbocycles. The van der Waals surface area contributed by atoms with Gasteiger partial charge < -0.3 is 28.1 Å². The zero-order valence-electron chi connectivity index (χ0n) is 41.9. The van der Waals surface area contributed by atoms with Crippen molar-refractivity contribution < 1.29 is 64.1 Å².